The van der Waals surface area contributed by atoms with Crippen molar-refractivity contribution in [2.45, 2.75) is 62.0 Å². The Balaban J connectivity index is 2.02. The van der Waals surface area contributed by atoms with Crippen molar-refractivity contribution < 1.29 is 14.3 Å². The van der Waals surface area contributed by atoms with Crippen LogP contribution in [0.15, 0.2) is 35.2 Å². The molecule has 1 aromatic rings. The Kier molecular flexibility index (Phi) is 5.99. The van der Waals surface area contributed by atoms with E-state index in [9.17, 15) is 9.59 Å². The first-order valence-electron chi connectivity index (χ1n) is 8.51. The van der Waals surface area contributed by atoms with Crippen LogP contribution in [-0.2, 0) is 19.7 Å². The van der Waals surface area contributed by atoms with Crippen molar-refractivity contribution in [2.75, 3.05) is 12.4 Å². The summed E-state index contributed by atoms with van der Waals surface area (Å²) in [5, 5.41) is 2.95. The van der Waals surface area contributed by atoms with Gasteiger partial charge in [-0.25, -0.2) is 4.79 Å². The van der Waals surface area contributed by atoms with Crippen LogP contribution in [-0.4, -0.2) is 23.7 Å². The van der Waals surface area contributed by atoms with Crippen LogP contribution in [0.1, 0.15) is 52.5 Å². The highest BCUT2D eigenvalue weighted by Crippen LogP contribution is 2.51. The number of esters is 1. The van der Waals surface area contributed by atoms with Gasteiger partial charge in [0.05, 0.1) is 7.11 Å². The topological polar surface area (TPSA) is 55.4 Å². The van der Waals surface area contributed by atoms with Crippen molar-refractivity contribution in [1.29, 1.82) is 0 Å². The van der Waals surface area contributed by atoms with Crippen molar-refractivity contribution in [3.8, 4) is 0 Å². The van der Waals surface area contributed by atoms with Crippen LogP contribution in [0.4, 0.5) is 5.69 Å². The lowest BCUT2D eigenvalue weighted by atomic mass is 9.77. The highest BCUT2D eigenvalue weighted by Gasteiger charge is 2.38. The van der Waals surface area contributed by atoms with Gasteiger partial charge in [-0.05, 0) is 42.0 Å². The van der Waals surface area contributed by atoms with Crippen molar-refractivity contribution in [3.05, 3.63) is 35.9 Å². The molecule has 1 heterocycles. The SMILES string of the molecule is COC(=O)/C=C/CCC(=O)Nc1ccc2c(c1)C(C)(C)CC(C)(C)S2. The van der Waals surface area contributed by atoms with Crippen LogP contribution in [0, 0.1) is 0 Å². The van der Waals surface area contributed by atoms with E-state index < -0.39 is 5.97 Å². The minimum Gasteiger partial charge on any atom is -0.466 e. The van der Waals surface area contributed by atoms with Crippen LogP contribution >= 0.6 is 11.8 Å². The van der Waals surface area contributed by atoms with Gasteiger partial charge in [-0.1, -0.05) is 33.8 Å². The molecular weight excluding hydrogens is 334 g/mol. The average molecular weight is 362 g/mol. The Morgan fingerprint density at radius 3 is 2.68 bits per heavy atom. The molecule has 5 heteroatoms. The van der Waals surface area contributed by atoms with E-state index in [2.05, 4.69) is 49.9 Å². The Labute approximate surface area is 154 Å². The van der Waals surface area contributed by atoms with Crippen molar-refractivity contribution in [3.63, 3.8) is 0 Å². The fraction of sp³-hybridized carbons (Fsp3) is 0.500. The first-order chi connectivity index (χ1) is 11.6. The van der Waals surface area contributed by atoms with Gasteiger partial charge in [-0.3, -0.25) is 4.79 Å². The maximum atomic E-state index is 12.1. The molecule has 0 fully saturated rings. The molecule has 4 nitrogen and oxygen atoms in total. The molecule has 0 aromatic heterocycles. The van der Waals surface area contributed by atoms with Gasteiger partial charge in [-0.15, -0.1) is 11.8 Å². The van der Waals surface area contributed by atoms with E-state index in [1.54, 1.807) is 6.08 Å². The zero-order valence-electron chi connectivity index (χ0n) is 15.6. The number of carbonyl (C=O) groups is 2. The summed E-state index contributed by atoms with van der Waals surface area (Å²) in [5.74, 6) is -0.464. The molecule has 0 saturated carbocycles. The van der Waals surface area contributed by atoms with Crippen LogP contribution in [0.5, 0.6) is 0 Å². The summed E-state index contributed by atoms with van der Waals surface area (Å²) >= 11 is 1.90. The van der Waals surface area contributed by atoms with E-state index in [1.165, 1.54) is 23.6 Å². The van der Waals surface area contributed by atoms with Crippen molar-refractivity contribution >= 4 is 29.3 Å². The molecule has 1 aliphatic rings. The Morgan fingerprint density at radius 2 is 2.00 bits per heavy atom. The van der Waals surface area contributed by atoms with Gasteiger partial charge in [-0.2, -0.15) is 0 Å². The lowest BCUT2D eigenvalue weighted by Crippen LogP contribution is -2.33. The number of carbonyl (C=O) groups excluding carboxylic acids is 2. The molecule has 1 amide bonds. The number of anilines is 1. The molecule has 1 N–H and O–H groups in total. The quantitative estimate of drug-likeness (QED) is 0.611. The number of hydrogen-bond donors (Lipinski definition) is 1. The summed E-state index contributed by atoms with van der Waals surface area (Å²) < 4.78 is 4.73. The summed E-state index contributed by atoms with van der Waals surface area (Å²) in [6.45, 7) is 9.08. The summed E-state index contributed by atoms with van der Waals surface area (Å²) in [7, 11) is 1.33. The maximum Gasteiger partial charge on any atom is 0.330 e. The predicted molar refractivity (Wildman–Crippen MR) is 103 cm³/mol. The van der Waals surface area contributed by atoms with E-state index in [0.29, 0.717) is 12.8 Å². The second-order valence-electron chi connectivity index (χ2n) is 7.65. The van der Waals surface area contributed by atoms with Crippen molar-refractivity contribution in [1.82, 2.24) is 0 Å². The van der Waals surface area contributed by atoms with Crippen LogP contribution in [0.25, 0.3) is 0 Å². The number of methoxy groups -OCH3 is 1. The van der Waals surface area contributed by atoms with E-state index in [0.717, 1.165) is 12.1 Å². The highest BCUT2D eigenvalue weighted by molar-refractivity contribution is 8.00. The average Bonchev–Trinajstić information content (AvgIpc) is 2.50. The zero-order valence-corrected chi connectivity index (χ0v) is 16.5. The third-order valence-electron chi connectivity index (χ3n) is 4.24. The number of rotatable bonds is 5. The van der Waals surface area contributed by atoms with Gasteiger partial charge in [0, 0.05) is 27.8 Å². The first-order valence-corrected chi connectivity index (χ1v) is 9.32. The number of fused-ring (bicyclic) bond motifs is 1. The first kappa shape index (κ1) is 19.6. The molecule has 2 rings (SSSR count). The number of amides is 1. The summed E-state index contributed by atoms with van der Waals surface area (Å²) in [4.78, 5) is 24.4. The third-order valence-corrected chi connectivity index (χ3v) is 5.51. The Hall–Kier alpha value is -1.75. The molecule has 0 saturated heterocycles. The van der Waals surface area contributed by atoms with E-state index in [1.807, 2.05) is 17.8 Å². The summed E-state index contributed by atoms with van der Waals surface area (Å²) in [6, 6.07) is 6.17. The van der Waals surface area contributed by atoms with Crippen LogP contribution < -0.4 is 5.32 Å². The lowest BCUT2D eigenvalue weighted by molar-refractivity contribution is -0.134. The number of allylic oxidation sites excluding steroid dienone is 1. The summed E-state index contributed by atoms with van der Waals surface area (Å²) in [5.41, 5.74) is 2.20. The summed E-state index contributed by atoms with van der Waals surface area (Å²) in [6.07, 6.45) is 4.92. The van der Waals surface area contributed by atoms with Gasteiger partial charge in [0.1, 0.15) is 0 Å². The lowest BCUT2D eigenvalue weighted by Gasteiger charge is -2.41. The number of thioether (sulfide) groups is 1. The van der Waals surface area contributed by atoms with Gasteiger partial charge in [0.25, 0.3) is 0 Å². The zero-order chi connectivity index (χ0) is 18.7. The normalized spacial score (nSPS) is 17.8. The van der Waals surface area contributed by atoms with Crippen LogP contribution in [0.2, 0.25) is 0 Å². The van der Waals surface area contributed by atoms with Crippen LogP contribution in [0.3, 0.4) is 0 Å². The molecule has 0 atom stereocenters. The largest absolute Gasteiger partial charge is 0.466 e. The minimum atomic E-state index is -0.405. The van der Waals surface area contributed by atoms with E-state index >= 15 is 0 Å². The fourth-order valence-electron chi connectivity index (χ4n) is 3.40. The number of nitrogens with one attached hydrogen (secondary N) is 1. The number of benzene rings is 1. The Morgan fingerprint density at radius 1 is 1.28 bits per heavy atom. The number of hydrogen-bond acceptors (Lipinski definition) is 4. The van der Waals surface area contributed by atoms with Gasteiger partial charge in [0.2, 0.25) is 5.91 Å². The molecule has 136 valence electrons. The third kappa shape index (κ3) is 5.36. The van der Waals surface area contributed by atoms with Crippen molar-refractivity contribution in [2.24, 2.45) is 0 Å². The molecule has 1 aliphatic heterocycles. The molecule has 0 radical (unpaired) electrons. The number of ether oxygens (including phenoxy) is 1. The molecule has 0 spiro atoms. The molecule has 0 aliphatic carbocycles. The van der Waals surface area contributed by atoms with Gasteiger partial charge < -0.3 is 10.1 Å². The van der Waals surface area contributed by atoms with E-state index in [-0.39, 0.29) is 16.1 Å². The minimum absolute atomic E-state index is 0.0592. The maximum absolute atomic E-state index is 12.1. The Bertz CT molecular complexity index is 692. The highest BCUT2D eigenvalue weighted by atomic mass is 32.2. The molecule has 25 heavy (non-hydrogen) atoms. The fourth-order valence-corrected chi connectivity index (χ4v) is 5.01. The molecular formula is C20H27NO3S. The van der Waals surface area contributed by atoms with Gasteiger partial charge in [0.15, 0.2) is 0 Å². The molecule has 1 aromatic carbocycles. The standard InChI is InChI=1S/C20H27NO3S/c1-19(2)13-20(3,4)25-16-11-10-14(12-15(16)19)21-17(22)8-6-7-9-18(23)24-5/h7,9-12H,6,8,13H2,1-5H3,(H,21,22)/b9-7+. The molecule has 0 unspecified atom stereocenters. The second-order valence-corrected chi connectivity index (χ2v) is 9.39. The monoisotopic (exact) mass is 361 g/mol. The van der Waals surface area contributed by atoms with Gasteiger partial charge >= 0.3 is 5.97 Å². The second kappa shape index (κ2) is 7.65. The predicted octanol–water partition coefficient (Wildman–Crippen LogP) is 4.69. The molecule has 0 bridgehead atoms. The smallest absolute Gasteiger partial charge is 0.330 e. The van der Waals surface area contributed by atoms with E-state index in [4.69, 9.17) is 0 Å².